The SMILES string of the molecule is CSCC[C@@H](NC(=O)c1ccc2ccccc2n1)C(=O)NCCNc1ccc(C(F)(F)F)cn1. The number of benzene rings is 1. The van der Waals surface area contributed by atoms with Crippen molar-refractivity contribution in [3.05, 3.63) is 66.0 Å². The van der Waals surface area contributed by atoms with Crippen molar-refractivity contribution in [2.75, 3.05) is 30.4 Å². The highest BCUT2D eigenvalue weighted by atomic mass is 32.2. The fraction of sp³-hybridized carbons (Fsp3) is 0.304. The minimum Gasteiger partial charge on any atom is -0.368 e. The van der Waals surface area contributed by atoms with Crippen molar-refractivity contribution in [2.24, 2.45) is 0 Å². The third kappa shape index (κ3) is 7.08. The number of alkyl halides is 3. The van der Waals surface area contributed by atoms with Gasteiger partial charge < -0.3 is 16.0 Å². The maximum absolute atomic E-state index is 12.7. The molecular formula is C23H24F3N5O2S. The number of hydrogen-bond acceptors (Lipinski definition) is 6. The van der Waals surface area contributed by atoms with Crippen molar-refractivity contribution < 1.29 is 22.8 Å². The lowest BCUT2D eigenvalue weighted by atomic mass is 10.1. The van der Waals surface area contributed by atoms with Gasteiger partial charge in [0.05, 0.1) is 11.1 Å². The molecule has 0 aliphatic rings. The van der Waals surface area contributed by atoms with E-state index in [2.05, 4.69) is 25.9 Å². The van der Waals surface area contributed by atoms with Crippen molar-refractivity contribution in [2.45, 2.75) is 18.6 Å². The van der Waals surface area contributed by atoms with Gasteiger partial charge in [-0.25, -0.2) is 9.97 Å². The van der Waals surface area contributed by atoms with E-state index in [1.807, 2.05) is 30.5 Å². The molecule has 0 saturated heterocycles. The molecule has 0 aliphatic carbocycles. The molecule has 180 valence electrons. The minimum atomic E-state index is -4.45. The van der Waals surface area contributed by atoms with E-state index < -0.39 is 23.7 Å². The number of thioether (sulfide) groups is 1. The lowest BCUT2D eigenvalue weighted by Gasteiger charge is -2.18. The van der Waals surface area contributed by atoms with Crippen LogP contribution in [0.25, 0.3) is 10.9 Å². The maximum atomic E-state index is 12.7. The quantitative estimate of drug-likeness (QED) is 0.374. The average molecular weight is 492 g/mol. The van der Waals surface area contributed by atoms with E-state index in [-0.39, 0.29) is 30.5 Å². The van der Waals surface area contributed by atoms with Gasteiger partial charge in [0.1, 0.15) is 17.6 Å². The molecule has 0 fully saturated rings. The molecule has 2 amide bonds. The smallest absolute Gasteiger partial charge is 0.368 e. The molecule has 11 heteroatoms. The Morgan fingerprint density at radius 1 is 1.06 bits per heavy atom. The number of para-hydroxylation sites is 1. The van der Waals surface area contributed by atoms with E-state index in [0.717, 1.165) is 17.6 Å². The summed E-state index contributed by atoms with van der Waals surface area (Å²) in [6.07, 6.45) is -1.36. The predicted molar refractivity (Wildman–Crippen MR) is 127 cm³/mol. The second-order valence-electron chi connectivity index (χ2n) is 7.34. The Labute approximate surface area is 198 Å². The van der Waals surface area contributed by atoms with Crippen LogP contribution in [-0.4, -0.2) is 52.9 Å². The Hall–Kier alpha value is -3.34. The molecule has 0 unspecified atom stereocenters. The summed E-state index contributed by atoms with van der Waals surface area (Å²) in [7, 11) is 0. The van der Waals surface area contributed by atoms with Gasteiger partial charge in [-0.2, -0.15) is 24.9 Å². The summed E-state index contributed by atoms with van der Waals surface area (Å²) in [5.74, 6) is 0.123. The molecule has 34 heavy (non-hydrogen) atoms. The molecule has 2 heterocycles. The van der Waals surface area contributed by atoms with Crippen molar-refractivity contribution in [3.8, 4) is 0 Å². The lowest BCUT2D eigenvalue weighted by Crippen LogP contribution is -2.48. The summed E-state index contributed by atoms with van der Waals surface area (Å²) in [5, 5.41) is 9.23. The Bertz CT molecular complexity index is 1130. The number of carbonyl (C=O) groups is 2. The highest BCUT2D eigenvalue weighted by Gasteiger charge is 2.30. The molecule has 0 bridgehead atoms. The van der Waals surface area contributed by atoms with Gasteiger partial charge in [0, 0.05) is 24.7 Å². The van der Waals surface area contributed by atoms with Gasteiger partial charge in [0.15, 0.2) is 0 Å². The number of rotatable bonds is 10. The van der Waals surface area contributed by atoms with Crippen LogP contribution in [0.1, 0.15) is 22.5 Å². The third-order valence-corrected chi connectivity index (χ3v) is 5.53. The fourth-order valence-corrected chi connectivity index (χ4v) is 3.57. The highest BCUT2D eigenvalue weighted by molar-refractivity contribution is 7.98. The summed E-state index contributed by atoms with van der Waals surface area (Å²) >= 11 is 1.55. The second kappa shape index (κ2) is 11.7. The molecule has 2 aromatic heterocycles. The molecule has 7 nitrogen and oxygen atoms in total. The number of nitrogens with zero attached hydrogens (tertiary/aromatic N) is 2. The van der Waals surface area contributed by atoms with Crippen LogP contribution in [0, 0.1) is 0 Å². The topological polar surface area (TPSA) is 96.0 Å². The lowest BCUT2D eigenvalue weighted by molar-refractivity contribution is -0.137. The standard InChI is InChI=1S/C23H24F3N5O2S/c1-34-13-10-19(31-22(33)18-8-6-15-4-2-3-5-17(15)30-18)21(32)28-12-11-27-20-9-7-16(14-29-20)23(24,25)26/h2-9,14,19H,10-13H2,1H3,(H,27,29)(H,28,32)(H,31,33)/t19-/m1/s1. The number of amides is 2. The third-order valence-electron chi connectivity index (χ3n) is 4.88. The highest BCUT2D eigenvalue weighted by Crippen LogP contribution is 2.28. The normalized spacial score (nSPS) is 12.2. The number of halogens is 3. The Kier molecular flexibility index (Phi) is 8.69. The molecule has 0 spiro atoms. The number of anilines is 1. The van der Waals surface area contributed by atoms with Crippen LogP contribution < -0.4 is 16.0 Å². The summed E-state index contributed by atoms with van der Waals surface area (Å²) in [4.78, 5) is 33.5. The van der Waals surface area contributed by atoms with E-state index in [9.17, 15) is 22.8 Å². The molecular weight excluding hydrogens is 467 g/mol. The van der Waals surface area contributed by atoms with Gasteiger partial charge in [-0.05, 0) is 42.7 Å². The van der Waals surface area contributed by atoms with Crippen LogP contribution in [0.4, 0.5) is 19.0 Å². The number of aromatic nitrogens is 2. The Morgan fingerprint density at radius 3 is 2.56 bits per heavy atom. The number of hydrogen-bond donors (Lipinski definition) is 3. The van der Waals surface area contributed by atoms with Crippen LogP contribution in [0.2, 0.25) is 0 Å². The number of carbonyl (C=O) groups excluding carboxylic acids is 2. The molecule has 3 N–H and O–H groups in total. The van der Waals surface area contributed by atoms with Gasteiger partial charge in [-0.15, -0.1) is 0 Å². The van der Waals surface area contributed by atoms with Crippen LogP contribution in [-0.2, 0) is 11.0 Å². The zero-order valence-electron chi connectivity index (χ0n) is 18.4. The zero-order valence-corrected chi connectivity index (χ0v) is 19.2. The first-order valence-corrected chi connectivity index (χ1v) is 11.9. The van der Waals surface area contributed by atoms with Gasteiger partial charge in [0.2, 0.25) is 5.91 Å². The maximum Gasteiger partial charge on any atom is 0.417 e. The number of pyridine rings is 2. The number of nitrogens with one attached hydrogen (secondary N) is 3. The predicted octanol–water partition coefficient (Wildman–Crippen LogP) is 3.73. The fourth-order valence-electron chi connectivity index (χ4n) is 3.09. The second-order valence-corrected chi connectivity index (χ2v) is 8.33. The Morgan fingerprint density at radius 2 is 1.85 bits per heavy atom. The van der Waals surface area contributed by atoms with Crippen LogP contribution in [0.3, 0.4) is 0 Å². The summed E-state index contributed by atoms with van der Waals surface area (Å²) in [5.41, 5.74) is 0.0681. The van der Waals surface area contributed by atoms with Gasteiger partial charge in [-0.1, -0.05) is 24.3 Å². The average Bonchev–Trinajstić information content (AvgIpc) is 2.83. The van der Waals surface area contributed by atoms with Crippen molar-refractivity contribution in [1.82, 2.24) is 20.6 Å². The van der Waals surface area contributed by atoms with Crippen LogP contribution in [0.5, 0.6) is 0 Å². The van der Waals surface area contributed by atoms with E-state index in [4.69, 9.17) is 0 Å². The molecule has 1 atom stereocenters. The van der Waals surface area contributed by atoms with E-state index >= 15 is 0 Å². The molecule has 0 radical (unpaired) electrons. The van der Waals surface area contributed by atoms with Crippen molar-refractivity contribution >= 4 is 40.3 Å². The first-order valence-electron chi connectivity index (χ1n) is 10.5. The minimum absolute atomic E-state index is 0.196. The van der Waals surface area contributed by atoms with E-state index in [1.165, 1.54) is 6.07 Å². The first kappa shape index (κ1) is 25.3. The zero-order chi connectivity index (χ0) is 24.6. The van der Waals surface area contributed by atoms with Crippen LogP contribution >= 0.6 is 11.8 Å². The molecule has 0 aliphatic heterocycles. The molecule has 3 rings (SSSR count). The van der Waals surface area contributed by atoms with Crippen LogP contribution in [0.15, 0.2) is 54.7 Å². The molecule has 1 aromatic carbocycles. The van der Waals surface area contributed by atoms with Gasteiger partial charge in [0.25, 0.3) is 5.91 Å². The Balaban J connectivity index is 1.53. The summed E-state index contributed by atoms with van der Waals surface area (Å²) in [6, 6.07) is 12.2. The van der Waals surface area contributed by atoms with Gasteiger partial charge in [-0.3, -0.25) is 9.59 Å². The van der Waals surface area contributed by atoms with Crippen molar-refractivity contribution in [1.29, 1.82) is 0 Å². The van der Waals surface area contributed by atoms with E-state index in [0.29, 0.717) is 17.7 Å². The summed E-state index contributed by atoms with van der Waals surface area (Å²) < 4.78 is 37.8. The van der Waals surface area contributed by atoms with Crippen molar-refractivity contribution in [3.63, 3.8) is 0 Å². The molecule has 3 aromatic rings. The molecule has 0 saturated carbocycles. The monoisotopic (exact) mass is 491 g/mol. The van der Waals surface area contributed by atoms with Gasteiger partial charge >= 0.3 is 6.18 Å². The first-order chi connectivity index (χ1) is 16.3. The summed E-state index contributed by atoms with van der Waals surface area (Å²) in [6.45, 7) is 0.445. The number of fused-ring (bicyclic) bond motifs is 1. The van der Waals surface area contributed by atoms with E-state index in [1.54, 1.807) is 23.9 Å². The largest absolute Gasteiger partial charge is 0.417 e.